The lowest BCUT2D eigenvalue weighted by Gasteiger charge is -2.09. The van der Waals surface area contributed by atoms with Crippen LogP contribution in [0, 0.1) is 0 Å². The maximum Gasteiger partial charge on any atom is 0.193 e. The summed E-state index contributed by atoms with van der Waals surface area (Å²) >= 11 is 11.8. The molecule has 5 heteroatoms. The summed E-state index contributed by atoms with van der Waals surface area (Å²) in [5, 5.41) is 4.16. The molecule has 0 unspecified atom stereocenters. The third-order valence-corrected chi connectivity index (χ3v) is 2.83. The monoisotopic (exact) mass is 285 g/mol. The minimum Gasteiger partial charge on any atom is -0.492 e. The van der Waals surface area contributed by atoms with Gasteiger partial charge in [0.25, 0.3) is 0 Å². The van der Waals surface area contributed by atoms with Gasteiger partial charge in [0.1, 0.15) is 11.5 Å². The SMILES string of the molecule is CCOc1ccc(NCc2ccc(Cl)o2)cc1Cl. The molecule has 2 rings (SSSR count). The molecule has 96 valence electrons. The van der Waals surface area contributed by atoms with Crippen molar-refractivity contribution in [1.82, 2.24) is 0 Å². The molecule has 1 N–H and O–H groups in total. The zero-order chi connectivity index (χ0) is 13.0. The number of ether oxygens (including phenoxy) is 1. The van der Waals surface area contributed by atoms with Crippen molar-refractivity contribution in [2.75, 3.05) is 11.9 Å². The third-order valence-electron chi connectivity index (χ3n) is 2.33. The normalized spacial score (nSPS) is 10.4. The fourth-order valence-electron chi connectivity index (χ4n) is 1.52. The highest BCUT2D eigenvalue weighted by Gasteiger charge is 2.04. The first kappa shape index (κ1) is 13.1. The van der Waals surface area contributed by atoms with Gasteiger partial charge in [0.2, 0.25) is 0 Å². The maximum atomic E-state index is 6.08. The largest absolute Gasteiger partial charge is 0.492 e. The highest BCUT2D eigenvalue weighted by molar-refractivity contribution is 6.32. The average molecular weight is 286 g/mol. The summed E-state index contributed by atoms with van der Waals surface area (Å²) in [5.41, 5.74) is 0.899. The zero-order valence-electron chi connectivity index (χ0n) is 9.87. The number of hydrogen-bond donors (Lipinski definition) is 1. The number of furan rings is 1. The summed E-state index contributed by atoms with van der Waals surface area (Å²) in [7, 11) is 0. The summed E-state index contributed by atoms with van der Waals surface area (Å²) in [6, 6.07) is 9.09. The number of hydrogen-bond acceptors (Lipinski definition) is 3. The van der Waals surface area contributed by atoms with Gasteiger partial charge in [-0.2, -0.15) is 0 Å². The molecule has 18 heavy (non-hydrogen) atoms. The molecule has 0 amide bonds. The van der Waals surface area contributed by atoms with Crippen LogP contribution in [0.4, 0.5) is 5.69 Å². The fraction of sp³-hybridized carbons (Fsp3) is 0.231. The van der Waals surface area contributed by atoms with E-state index in [0.717, 1.165) is 11.4 Å². The van der Waals surface area contributed by atoms with E-state index >= 15 is 0 Å². The maximum absolute atomic E-state index is 6.08. The number of nitrogens with one attached hydrogen (secondary N) is 1. The van der Waals surface area contributed by atoms with Crippen molar-refractivity contribution in [3.63, 3.8) is 0 Å². The van der Waals surface area contributed by atoms with Gasteiger partial charge in [0, 0.05) is 5.69 Å². The van der Waals surface area contributed by atoms with E-state index in [2.05, 4.69) is 5.32 Å². The predicted molar refractivity (Wildman–Crippen MR) is 73.7 cm³/mol. The van der Waals surface area contributed by atoms with Gasteiger partial charge in [-0.15, -0.1) is 0 Å². The van der Waals surface area contributed by atoms with Crippen molar-refractivity contribution >= 4 is 28.9 Å². The topological polar surface area (TPSA) is 34.4 Å². The second-order valence-corrected chi connectivity index (χ2v) is 4.42. The lowest BCUT2D eigenvalue weighted by atomic mass is 10.3. The summed E-state index contributed by atoms with van der Waals surface area (Å²) in [6.45, 7) is 3.07. The molecule has 0 saturated heterocycles. The number of halogens is 2. The van der Waals surface area contributed by atoms with E-state index in [1.807, 2.05) is 31.2 Å². The molecule has 0 bridgehead atoms. The Morgan fingerprint density at radius 3 is 2.67 bits per heavy atom. The lowest BCUT2D eigenvalue weighted by molar-refractivity contribution is 0.340. The van der Waals surface area contributed by atoms with Gasteiger partial charge in [0.15, 0.2) is 5.22 Å². The van der Waals surface area contributed by atoms with E-state index in [9.17, 15) is 0 Å². The summed E-state index contributed by atoms with van der Waals surface area (Å²) in [5.74, 6) is 1.45. The molecular weight excluding hydrogens is 273 g/mol. The van der Waals surface area contributed by atoms with Crippen LogP contribution in [0.2, 0.25) is 10.2 Å². The first-order valence-corrected chi connectivity index (χ1v) is 6.35. The van der Waals surface area contributed by atoms with Crippen LogP contribution in [0.1, 0.15) is 12.7 Å². The van der Waals surface area contributed by atoms with Crippen molar-refractivity contribution in [2.45, 2.75) is 13.5 Å². The minimum atomic E-state index is 0.386. The number of rotatable bonds is 5. The third kappa shape index (κ3) is 3.34. The molecule has 0 radical (unpaired) electrons. The lowest BCUT2D eigenvalue weighted by Crippen LogP contribution is -1.99. The predicted octanol–water partition coefficient (Wildman–Crippen LogP) is 4.60. The number of anilines is 1. The van der Waals surface area contributed by atoms with Crippen molar-refractivity contribution in [3.8, 4) is 5.75 Å². The van der Waals surface area contributed by atoms with Crippen LogP contribution in [0.25, 0.3) is 0 Å². The molecule has 0 aliphatic carbocycles. The van der Waals surface area contributed by atoms with Crippen LogP contribution in [-0.4, -0.2) is 6.61 Å². The first-order valence-electron chi connectivity index (χ1n) is 5.59. The summed E-state index contributed by atoms with van der Waals surface area (Å²) in [4.78, 5) is 0. The molecule has 0 aliphatic heterocycles. The summed E-state index contributed by atoms with van der Waals surface area (Å²) < 4.78 is 10.6. The molecule has 0 spiro atoms. The van der Waals surface area contributed by atoms with Crippen molar-refractivity contribution in [2.24, 2.45) is 0 Å². The van der Waals surface area contributed by atoms with Gasteiger partial charge >= 0.3 is 0 Å². The Morgan fingerprint density at radius 1 is 1.22 bits per heavy atom. The zero-order valence-corrected chi connectivity index (χ0v) is 11.4. The standard InChI is InChI=1S/C13H13Cl2NO2/c1-2-17-12-5-3-9(7-11(12)14)16-8-10-4-6-13(15)18-10/h3-7,16H,2,8H2,1H3. The molecular formula is C13H13Cl2NO2. The van der Waals surface area contributed by atoms with E-state index in [0.29, 0.717) is 29.1 Å². The van der Waals surface area contributed by atoms with E-state index < -0.39 is 0 Å². The molecule has 3 nitrogen and oxygen atoms in total. The smallest absolute Gasteiger partial charge is 0.193 e. The molecule has 0 atom stereocenters. The molecule has 0 fully saturated rings. The Hall–Kier alpha value is -1.32. The van der Waals surface area contributed by atoms with Crippen LogP contribution in [-0.2, 0) is 6.54 Å². The van der Waals surface area contributed by atoms with E-state index in [4.69, 9.17) is 32.4 Å². The molecule has 1 heterocycles. The van der Waals surface area contributed by atoms with Gasteiger partial charge in [-0.1, -0.05) is 11.6 Å². The Balaban J connectivity index is 1.99. The van der Waals surface area contributed by atoms with Gasteiger partial charge in [0.05, 0.1) is 18.2 Å². The Labute approximate surface area is 116 Å². The van der Waals surface area contributed by atoms with Crippen molar-refractivity contribution in [3.05, 3.63) is 46.3 Å². The van der Waals surface area contributed by atoms with Crippen LogP contribution < -0.4 is 10.1 Å². The second kappa shape index (κ2) is 6.03. The van der Waals surface area contributed by atoms with Gasteiger partial charge in [-0.25, -0.2) is 0 Å². The highest BCUT2D eigenvalue weighted by Crippen LogP contribution is 2.28. The van der Waals surface area contributed by atoms with Crippen LogP contribution in [0.15, 0.2) is 34.7 Å². The highest BCUT2D eigenvalue weighted by atomic mass is 35.5. The van der Waals surface area contributed by atoms with Crippen molar-refractivity contribution < 1.29 is 9.15 Å². The van der Waals surface area contributed by atoms with E-state index in [-0.39, 0.29) is 0 Å². The van der Waals surface area contributed by atoms with E-state index in [1.165, 1.54) is 0 Å². The Kier molecular flexibility index (Phi) is 4.39. The Morgan fingerprint density at radius 2 is 2.06 bits per heavy atom. The van der Waals surface area contributed by atoms with Crippen LogP contribution >= 0.6 is 23.2 Å². The summed E-state index contributed by atoms with van der Waals surface area (Å²) in [6.07, 6.45) is 0. The van der Waals surface area contributed by atoms with Crippen molar-refractivity contribution in [1.29, 1.82) is 0 Å². The Bertz CT molecular complexity index is 525. The fourth-order valence-corrected chi connectivity index (χ4v) is 1.92. The molecule has 0 aliphatic rings. The molecule has 0 saturated carbocycles. The molecule has 1 aromatic heterocycles. The quantitative estimate of drug-likeness (QED) is 0.872. The minimum absolute atomic E-state index is 0.386. The average Bonchev–Trinajstić information content (AvgIpc) is 2.76. The van der Waals surface area contributed by atoms with Gasteiger partial charge < -0.3 is 14.5 Å². The van der Waals surface area contributed by atoms with Gasteiger partial charge in [-0.3, -0.25) is 0 Å². The first-order chi connectivity index (χ1) is 8.69. The number of benzene rings is 1. The molecule has 1 aromatic carbocycles. The van der Waals surface area contributed by atoms with Crippen LogP contribution in [0.3, 0.4) is 0 Å². The second-order valence-electron chi connectivity index (χ2n) is 3.64. The van der Waals surface area contributed by atoms with Crippen LogP contribution in [0.5, 0.6) is 5.75 Å². The van der Waals surface area contributed by atoms with Gasteiger partial charge in [-0.05, 0) is 48.9 Å². The van der Waals surface area contributed by atoms with E-state index in [1.54, 1.807) is 6.07 Å². The molecule has 2 aromatic rings.